The van der Waals surface area contributed by atoms with Crippen LogP contribution in [-0.4, -0.2) is 48.6 Å². The highest BCUT2D eigenvalue weighted by atomic mass is 15.3. The fraction of sp³-hybridized carbons (Fsp3) is 0.647. The third kappa shape index (κ3) is 3.40. The van der Waals surface area contributed by atoms with Crippen LogP contribution in [0.5, 0.6) is 0 Å². The molecule has 2 rings (SSSR count). The molecule has 1 aromatic carbocycles. The number of nitrogens with two attached hydrogens (primary N) is 1. The molecule has 1 aromatic rings. The molecule has 0 amide bonds. The van der Waals surface area contributed by atoms with Crippen molar-refractivity contribution >= 4 is 0 Å². The van der Waals surface area contributed by atoms with Crippen LogP contribution in [0.4, 0.5) is 0 Å². The van der Waals surface area contributed by atoms with Gasteiger partial charge in [-0.05, 0) is 45.9 Å². The van der Waals surface area contributed by atoms with Crippen molar-refractivity contribution in [1.82, 2.24) is 9.80 Å². The Hall–Kier alpha value is -0.900. The van der Waals surface area contributed by atoms with Gasteiger partial charge in [-0.1, -0.05) is 23.8 Å². The number of aryl methyl sites for hydroxylation is 2. The van der Waals surface area contributed by atoms with E-state index in [1.165, 1.54) is 16.7 Å². The molecular weight excluding hydrogens is 246 g/mol. The van der Waals surface area contributed by atoms with E-state index in [4.69, 9.17) is 5.73 Å². The smallest absolute Gasteiger partial charge is 0.0427 e. The van der Waals surface area contributed by atoms with Crippen LogP contribution in [0.1, 0.15) is 36.6 Å². The van der Waals surface area contributed by atoms with Gasteiger partial charge in [0.05, 0.1) is 0 Å². The van der Waals surface area contributed by atoms with Crippen molar-refractivity contribution in [3.05, 3.63) is 34.9 Å². The van der Waals surface area contributed by atoms with E-state index in [1.54, 1.807) is 0 Å². The zero-order valence-corrected chi connectivity index (χ0v) is 13.6. The molecule has 0 aromatic heterocycles. The van der Waals surface area contributed by atoms with Crippen molar-refractivity contribution < 1.29 is 0 Å². The van der Waals surface area contributed by atoms with Crippen LogP contribution in [0.15, 0.2) is 18.2 Å². The van der Waals surface area contributed by atoms with Gasteiger partial charge in [-0.25, -0.2) is 0 Å². The summed E-state index contributed by atoms with van der Waals surface area (Å²) in [6.45, 7) is 13.2. The number of benzene rings is 1. The molecule has 0 radical (unpaired) electrons. The first-order valence-corrected chi connectivity index (χ1v) is 7.56. The van der Waals surface area contributed by atoms with E-state index in [2.05, 4.69) is 62.7 Å². The summed E-state index contributed by atoms with van der Waals surface area (Å²) in [5.41, 5.74) is 10.6. The number of hydrogen-bond donors (Lipinski definition) is 1. The monoisotopic (exact) mass is 275 g/mol. The fourth-order valence-corrected chi connectivity index (χ4v) is 3.03. The lowest BCUT2D eigenvalue weighted by Crippen LogP contribution is -2.58. The van der Waals surface area contributed by atoms with E-state index < -0.39 is 0 Å². The van der Waals surface area contributed by atoms with Gasteiger partial charge in [0.2, 0.25) is 0 Å². The van der Waals surface area contributed by atoms with Gasteiger partial charge in [-0.3, -0.25) is 9.80 Å². The fourth-order valence-electron chi connectivity index (χ4n) is 3.03. The first-order valence-electron chi connectivity index (χ1n) is 7.56. The quantitative estimate of drug-likeness (QED) is 0.919. The third-order valence-corrected chi connectivity index (χ3v) is 4.68. The van der Waals surface area contributed by atoms with Crippen molar-refractivity contribution in [2.45, 2.75) is 39.3 Å². The summed E-state index contributed by atoms with van der Waals surface area (Å²) in [6.07, 6.45) is 0. The van der Waals surface area contributed by atoms with Crippen LogP contribution in [0.25, 0.3) is 0 Å². The minimum atomic E-state index is 0.106. The van der Waals surface area contributed by atoms with Crippen molar-refractivity contribution in [1.29, 1.82) is 0 Å². The number of piperazine rings is 1. The Morgan fingerprint density at radius 2 is 1.95 bits per heavy atom. The largest absolute Gasteiger partial charge is 0.323 e. The molecule has 20 heavy (non-hydrogen) atoms. The van der Waals surface area contributed by atoms with Gasteiger partial charge < -0.3 is 5.73 Å². The molecule has 1 aliphatic rings. The van der Waals surface area contributed by atoms with Crippen molar-refractivity contribution in [2.24, 2.45) is 5.73 Å². The molecule has 3 heteroatoms. The van der Waals surface area contributed by atoms with E-state index >= 15 is 0 Å². The summed E-state index contributed by atoms with van der Waals surface area (Å²) >= 11 is 0. The lowest BCUT2D eigenvalue weighted by molar-refractivity contribution is 0.0371. The number of likely N-dealkylation sites (N-methyl/N-ethyl adjacent to an activating group) is 1. The Morgan fingerprint density at radius 1 is 1.25 bits per heavy atom. The van der Waals surface area contributed by atoms with Crippen molar-refractivity contribution in [2.75, 3.05) is 33.2 Å². The summed E-state index contributed by atoms with van der Waals surface area (Å²) < 4.78 is 0. The van der Waals surface area contributed by atoms with Gasteiger partial charge in [0.15, 0.2) is 0 Å². The van der Waals surface area contributed by atoms with E-state index in [0.717, 1.165) is 26.2 Å². The maximum absolute atomic E-state index is 6.46. The molecule has 1 saturated heterocycles. The third-order valence-electron chi connectivity index (χ3n) is 4.68. The number of nitrogens with zero attached hydrogens (tertiary/aromatic N) is 2. The summed E-state index contributed by atoms with van der Waals surface area (Å²) in [4.78, 5) is 4.94. The predicted molar refractivity (Wildman–Crippen MR) is 86.0 cm³/mol. The van der Waals surface area contributed by atoms with Crippen molar-refractivity contribution in [3.8, 4) is 0 Å². The van der Waals surface area contributed by atoms with Gasteiger partial charge >= 0.3 is 0 Å². The van der Waals surface area contributed by atoms with Gasteiger partial charge in [0.1, 0.15) is 0 Å². The number of hydrogen-bond acceptors (Lipinski definition) is 3. The minimum absolute atomic E-state index is 0.106. The van der Waals surface area contributed by atoms with Crippen LogP contribution >= 0.6 is 0 Å². The van der Waals surface area contributed by atoms with E-state index in [1.807, 2.05) is 0 Å². The van der Waals surface area contributed by atoms with Gasteiger partial charge in [0, 0.05) is 37.8 Å². The lowest BCUT2D eigenvalue weighted by atomic mass is 9.96. The molecule has 3 nitrogen and oxygen atoms in total. The molecule has 0 saturated carbocycles. The topological polar surface area (TPSA) is 32.5 Å². The highest BCUT2D eigenvalue weighted by molar-refractivity contribution is 5.33. The van der Waals surface area contributed by atoms with Crippen LogP contribution < -0.4 is 5.73 Å². The number of rotatable bonds is 3. The molecule has 1 atom stereocenters. The standard InChI is InChI=1S/C17H29N3/c1-13-6-7-14(2)15(10-13)16(18)11-20-9-8-19(5)17(3,4)12-20/h6-7,10,16H,8-9,11-12,18H2,1-5H3. The Kier molecular flexibility index (Phi) is 4.52. The Balaban J connectivity index is 2.05. The van der Waals surface area contributed by atoms with Gasteiger partial charge in [0.25, 0.3) is 0 Å². The molecule has 0 aliphatic carbocycles. The van der Waals surface area contributed by atoms with E-state index in [0.29, 0.717) is 0 Å². The second-order valence-electron chi connectivity index (χ2n) is 6.94. The molecule has 112 valence electrons. The Bertz CT molecular complexity index is 467. The van der Waals surface area contributed by atoms with Crippen LogP contribution in [0.3, 0.4) is 0 Å². The lowest BCUT2D eigenvalue weighted by Gasteiger charge is -2.46. The summed E-state index contributed by atoms with van der Waals surface area (Å²) in [5, 5.41) is 0. The van der Waals surface area contributed by atoms with Crippen LogP contribution in [0.2, 0.25) is 0 Å². The summed E-state index contributed by atoms with van der Waals surface area (Å²) in [6, 6.07) is 6.68. The zero-order valence-electron chi connectivity index (χ0n) is 13.6. The second-order valence-corrected chi connectivity index (χ2v) is 6.94. The molecular formula is C17H29N3. The molecule has 0 spiro atoms. The van der Waals surface area contributed by atoms with Crippen LogP contribution in [-0.2, 0) is 0 Å². The highest BCUT2D eigenvalue weighted by Gasteiger charge is 2.31. The van der Waals surface area contributed by atoms with E-state index in [-0.39, 0.29) is 11.6 Å². The first kappa shape index (κ1) is 15.5. The average molecular weight is 275 g/mol. The molecule has 1 heterocycles. The highest BCUT2D eigenvalue weighted by Crippen LogP contribution is 2.23. The van der Waals surface area contributed by atoms with E-state index in [9.17, 15) is 0 Å². The SMILES string of the molecule is Cc1ccc(C)c(C(N)CN2CCN(C)C(C)(C)C2)c1. The molecule has 1 aliphatic heterocycles. The second kappa shape index (κ2) is 5.84. The van der Waals surface area contributed by atoms with Crippen molar-refractivity contribution in [3.63, 3.8) is 0 Å². The van der Waals surface area contributed by atoms with Gasteiger partial charge in [-0.2, -0.15) is 0 Å². The predicted octanol–water partition coefficient (Wildman–Crippen LogP) is 2.33. The Labute approximate surface area is 123 Å². The Morgan fingerprint density at radius 3 is 2.60 bits per heavy atom. The maximum atomic E-state index is 6.46. The average Bonchev–Trinajstić information content (AvgIpc) is 2.36. The molecule has 0 bridgehead atoms. The van der Waals surface area contributed by atoms with Crippen LogP contribution in [0, 0.1) is 13.8 Å². The normalized spacial score (nSPS) is 21.9. The molecule has 1 unspecified atom stereocenters. The minimum Gasteiger partial charge on any atom is -0.323 e. The first-order chi connectivity index (χ1) is 9.29. The zero-order chi connectivity index (χ0) is 14.9. The summed E-state index contributed by atoms with van der Waals surface area (Å²) in [5.74, 6) is 0. The maximum Gasteiger partial charge on any atom is 0.0427 e. The van der Waals surface area contributed by atoms with Gasteiger partial charge in [-0.15, -0.1) is 0 Å². The molecule has 2 N–H and O–H groups in total. The molecule has 1 fully saturated rings. The summed E-state index contributed by atoms with van der Waals surface area (Å²) in [7, 11) is 2.21.